The van der Waals surface area contributed by atoms with Gasteiger partial charge in [0.25, 0.3) is 0 Å². The summed E-state index contributed by atoms with van der Waals surface area (Å²) in [6.07, 6.45) is 6.11. The smallest absolute Gasteiger partial charge is 0.176 e. The van der Waals surface area contributed by atoms with Crippen LogP contribution < -0.4 is 4.90 Å². The van der Waals surface area contributed by atoms with Gasteiger partial charge in [0, 0.05) is 56.3 Å². The molecular weight excluding hydrogens is 463 g/mol. The number of aliphatic hydroxyl groups excluding tert-OH is 1. The van der Waals surface area contributed by atoms with Gasteiger partial charge < -0.3 is 19.2 Å². The number of ether oxygens (including phenoxy) is 1. The normalized spacial score (nSPS) is 14.1. The molecule has 0 unspecified atom stereocenters. The molecule has 5 aromatic rings. The quantitative estimate of drug-likeness (QED) is 0.371. The van der Waals surface area contributed by atoms with Crippen molar-refractivity contribution in [2.24, 2.45) is 0 Å². The van der Waals surface area contributed by atoms with Crippen LogP contribution >= 0.6 is 0 Å². The van der Waals surface area contributed by atoms with E-state index in [1.807, 2.05) is 36.7 Å². The number of aromatic nitrogens is 5. The zero-order valence-corrected chi connectivity index (χ0v) is 19.5. The van der Waals surface area contributed by atoms with Crippen LogP contribution in [0.4, 0.5) is 10.1 Å². The Morgan fingerprint density at radius 1 is 1.06 bits per heavy atom. The maximum atomic E-state index is 13.7. The molecular formula is C26H25FN6O3. The molecule has 5 heterocycles. The van der Waals surface area contributed by atoms with Gasteiger partial charge in [-0.2, -0.15) is 10.2 Å². The topological polar surface area (TPSA) is 94.4 Å². The highest BCUT2D eigenvalue weighted by atomic mass is 19.1. The molecule has 184 valence electrons. The molecule has 36 heavy (non-hydrogen) atoms. The number of rotatable bonds is 7. The number of pyridine rings is 1. The molecule has 0 bridgehead atoms. The lowest BCUT2D eigenvalue weighted by Gasteiger charge is -2.28. The number of hydrogen-bond donors (Lipinski definition) is 1. The zero-order chi connectivity index (χ0) is 24.5. The van der Waals surface area contributed by atoms with E-state index in [0.29, 0.717) is 60.1 Å². The molecule has 0 atom stereocenters. The molecule has 0 saturated carbocycles. The van der Waals surface area contributed by atoms with Crippen molar-refractivity contribution in [1.82, 2.24) is 24.5 Å². The first kappa shape index (κ1) is 22.4. The lowest BCUT2D eigenvalue weighted by molar-refractivity contribution is 0.122. The van der Waals surface area contributed by atoms with Gasteiger partial charge in [-0.3, -0.25) is 4.68 Å². The summed E-state index contributed by atoms with van der Waals surface area (Å²) in [6.45, 7) is 3.49. The van der Waals surface area contributed by atoms with Crippen LogP contribution in [0.1, 0.15) is 6.42 Å². The highest BCUT2D eigenvalue weighted by Gasteiger charge is 2.21. The van der Waals surface area contributed by atoms with Gasteiger partial charge in [-0.05, 0) is 24.6 Å². The van der Waals surface area contributed by atoms with E-state index in [4.69, 9.17) is 19.2 Å². The fourth-order valence-electron chi connectivity index (χ4n) is 4.39. The predicted molar refractivity (Wildman–Crippen MR) is 132 cm³/mol. The number of aliphatic hydroxyl groups is 1. The Morgan fingerprint density at radius 2 is 1.94 bits per heavy atom. The number of hydrogen-bond acceptors (Lipinski definition) is 7. The molecule has 0 spiro atoms. The van der Waals surface area contributed by atoms with Crippen molar-refractivity contribution in [3.63, 3.8) is 0 Å². The maximum absolute atomic E-state index is 13.7. The molecule has 1 N–H and O–H groups in total. The number of aryl methyl sites for hydroxylation is 1. The molecule has 1 saturated heterocycles. The summed E-state index contributed by atoms with van der Waals surface area (Å²) in [5, 5.41) is 18.1. The first-order chi connectivity index (χ1) is 17.7. The molecule has 0 aliphatic carbocycles. The molecule has 0 radical (unpaired) electrons. The SMILES string of the molecule is OCCCn1cc(-c2cc3nc(-n4ccc(-c5cccc(F)c5)n4)cc(N4CCOCC4)c3o2)cn1. The van der Waals surface area contributed by atoms with Crippen LogP contribution in [0.5, 0.6) is 0 Å². The number of benzene rings is 1. The third kappa shape index (κ3) is 4.36. The first-order valence-electron chi connectivity index (χ1n) is 11.9. The van der Waals surface area contributed by atoms with Gasteiger partial charge in [0.05, 0.1) is 36.4 Å². The van der Waals surface area contributed by atoms with Crippen molar-refractivity contribution >= 4 is 16.8 Å². The van der Waals surface area contributed by atoms with Crippen molar-refractivity contribution in [2.75, 3.05) is 37.8 Å². The van der Waals surface area contributed by atoms with Gasteiger partial charge in [-0.15, -0.1) is 0 Å². The molecule has 9 nitrogen and oxygen atoms in total. The van der Waals surface area contributed by atoms with Crippen molar-refractivity contribution in [1.29, 1.82) is 0 Å². The van der Waals surface area contributed by atoms with Gasteiger partial charge in [-0.25, -0.2) is 14.1 Å². The number of halogens is 1. The van der Waals surface area contributed by atoms with E-state index >= 15 is 0 Å². The van der Waals surface area contributed by atoms with Gasteiger partial charge >= 0.3 is 0 Å². The molecule has 6 rings (SSSR count). The summed E-state index contributed by atoms with van der Waals surface area (Å²) in [5.41, 5.74) is 4.51. The van der Waals surface area contributed by atoms with Crippen molar-refractivity contribution in [2.45, 2.75) is 13.0 Å². The number of anilines is 1. The van der Waals surface area contributed by atoms with Crippen molar-refractivity contribution in [3.8, 4) is 28.4 Å². The third-order valence-corrected chi connectivity index (χ3v) is 6.20. The summed E-state index contributed by atoms with van der Waals surface area (Å²) in [5.74, 6) is 1.000. The van der Waals surface area contributed by atoms with Gasteiger partial charge in [0.15, 0.2) is 11.4 Å². The number of furan rings is 1. The molecule has 0 amide bonds. The van der Waals surface area contributed by atoms with Crippen LogP contribution in [0.25, 0.3) is 39.5 Å². The Balaban J connectivity index is 1.41. The lowest BCUT2D eigenvalue weighted by Crippen LogP contribution is -2.36. The molecule has 4 aromatic heterocycles. The van der Waals surface area contributed by atoms with E-state index in [2.05, 4.69) is 15.1 Å². The van der Waals surface area contributed by atoms with E-state index in [9.17, 15) is 4.39 Å². The maximum Gasteiger partial charge on any atom is 0.176 e. The fraction of sp³-hybridized carbons (Fsp3) is 0.269. The summed E-state index contributed by atoms with van der Waals surface area (Å²) >= 11 is 0. The molecule has 1 aromatic carbocycles. The second-order valence-corrected chi connectivity index (χ2v) is 8.65. The van der Waals surface area contributed by atoms with Gasteiger partial charge in [0.1, 0.15) is 17.1 Å². The average molecular weight is 489 g/mol. The molecule has 1 aliphatic heterocycles. The summed E-state index contributed by atoms with van der Waals surface area (Å²) in [7, 11) is 0. The zero-order valence-electron chi connectivity index (χ0n) is 19.5. The largest absolute Gasteiger partial charge is 0.452 e. The van der Waals surface area contributed by atoms with Crippen LogP contribution in [-0.2, 0) is 11.3 Å². The van der Waals surface area contributed by atoms with E-state index in [1.165, 1.54) is 12.1 Å². The summed E-state index contributed by atoms with van der Waals surface area (Å²) in [4.78, 5) is 7.07. The van der Waals surface area contributed by atoms with Crippen molar-refractivity contribution < 1.29 is 18.7 Å². The van der Waals surface area contributed by atoms with Crippen LogP contribution in [0, 0.1) is 5.82 Å². The minimum absolute atomic E-state index is 0.115. The number of fused-ring (bicyclic) bond motifs is 1. The third-order valence-electron chi connectivity index (χ3n) is 6.20. The minimum Gasteiger partial charge on any atom is -0.452 e. The second kappa shape index (κ2) is 9.56. The van der Waals surface area contributed by atoms with E-state index in [-0.39, 0.29) is 12.4 Å². The van der Waals surface area contributed by atoms with Gasteiger partial charge in [-0.1, -0.05) is 12.1 Å². The summed E-state index contributed by atoms with van der Waals surface area (Å²) in [6, 6.07) is 12.1. The number of morpholine rings is 1. The van der Waals surface area contributed by atoms with Crippen LogP contribution in [0.2, 0.25) is 0 Å². The van der Waals surface area contributed by atoms with Crippen molar-refractivity contribution in [3.05, 3.63) is 66.9 Å². The standard InChI is InChI=1S/C26H25FN6O3/c27-20-4-1-3-18(13-20)21-5-7-33(30-21)25-15-23(31-8-11-35-12-9-31)26-22(29-25)14-24(36-26)19-16-28-32(17-19)6-2-10-34/h1,3-5,7,13-17,34H,2,6,8-12H2. The Morgan fingerprint density at radius 3 is 2.78 bits per heavy atom. The van der Waals surface area contributed by atoms with Gasteiger partial charge in [0.2, 0.25) is 0 Å². The Kier molecular flexibility index (Phi) is 5.96. The monoisotopic (exact) mass is 488 g/mol. The Hall–Kier alpha value is -4.02. The Bertz CT molecular complexity index is 1500. The average Bonchev–Trinajstić information content (AvgIpc) is 3.67. The second-order valence-electron chi connectivity index (χ2n) is 8.65. The minimum atomic E-state index is -0.304. The molecule has 1 fully saturated rings. The van der Waals surface area contributed by atoms with Crippen LogP contribution in [0.3, 0.4) is 0 Å². The van der Waals surface area contributed by atoms with E-state index in [0.717, 1.165) is 24.3 Å². The number of nitrogens with zero attached hydrogens (tertiary/aromatic N) is 6. The highest BCUT2D eigenvalue weighted by molar-refractivity contribution is 5.91. The predicted octanol–water partition coefficient (Wildman–Crippen LogP) is 3.90. The van der Waals surface area contributed by atoms with E-state index in [1.54, 1.807) is 21.6 Å². The molecule has 1 aliphatic rings. The fourth-order valence-corrected chi connectivity index (χ4v) is 4.39. The lowest BCUT2D eigenvalue weighted by atomic mass is 10.1. The summed E-state index contributed by atoms with van der Waals surface area (Å²) < 4.78 is 29.1. The molecule has 10 heteroatoms. The van der Waals surface area contributed by atoms with Crippen LogP contribution in [0.15, 0.2) is 65.5 Å². The van der Waals surface area contributed by atoms with E-state index < -0.39 is 0 Å². The first-order valence-corrected chi connectivity index (χ1v) is 11.9. The van der Waals surface area contributed by atoms with Crippen LogP contribution in [-0.4, -0.2) is 62.6 Å². The Labute approximate surface area is 206 Å². The highest BCUT2D eigenvalue weighted by Crippen LogP contribution is 2.35.